The van der Waals surface area contributed by atoms with E-state index in [4.69, 9.17) is 37.9 Å². The zero-order valence-corrected chi connectivity index (χ0v) is 33.2. The number of methoxy groups -OCH3 is 2. The molecule has 0 bridgehead atoms. The Morgan fingerprint density at radius 3 is 1.33 bits per heavy atom. The van der Waals surface area contributed by atoms with Crippen LogP contribution in [-0.2, 0) is 47.5 Å². The summed E-state index contributed by atoms with van der Waals surface area (Å²) in [6, 6.07) is 0. The van der Waals surface area contributed by atoms with Gasteiger partial charge in [0, 0.05) is 27.1 Å². The van der Waals surface area contributed by atoms with Gasteiger partial charge in [-0.25, -0.2) is 0 Å². The van der Waals surface area contributed by atoms with E-state index in [0.29, 0.717) is 26.1 Å². The molecule has 12 atom stereocenters. The Morgan fingerprint density at radius 1 is 0.635 bits per heavy atom. The third-order valence-electron chi connectivity index (χ3n) is 13.1. The Balaban J connectivity index is 0.864. The van der Waals surface area contributed by atoms with Crippen molar-refractivity contribution in [3.05, 3.63) is 23.3 Å². The van der Waals surface area contributed by atoms with Crippen molar-refractivity contribution < 1.29 is 47.5 Å². The average Bonchev–Trinajstić information content (AvgIpc) is 3.97. The molecule has 2 aliphatic carbocycles. The highest BCUT2D eigenvalue weighted by molar-refractivity contribution is 5.70. The second kappa shape index (κ2) is 16.1. The van der Waals surface area contributed by atoms with Crippen molar-refractivity contribution in [3.8, 4) is 0 Å². The Labute approximate surface area is 312 Å². The highest BCUT2D eigenvalue weighted by Crippen LogP contribution is 2.61. The van der Waals surface area contributed by atoms with Gasteiger partial charge in [0.25, 0.3) is 0 Å². The first-order valence-corrected chi connectivity index (χ1v) is 20.2. The molecular formula is C42H66O10. The summed E-state index contributed by atoms with van der Waals surface area (Å²) >= 11 is 0. The number of ether oxygens (including phenoxy) is 8. The molecule has 6 fully saturated rings. The summed E-state index contributed by atoms with van der Waals surface area (Å²) in [4.78, 5) is 25.9. The number of allylic oxidation sites excluding steroid dienone is 2. The zero-order chi connectivity index (χ0) is 37.3. The van der Waals surface area contributed by atoms with Crippen LogP contribution in [0.15, 0.2) is 23.3 Å². The first kappa shape index (κ1) is 39.9. The number of carbonyl (C=O) groups is 2. The molecule has 0 amide bonds. The molecule has 0 aromatic heterocycles. The summed E-state index contributed by atoms with van der Waals surface area (Å²) in [7, 11) is 3.42. The van der Waals surface area contributed by atoms with E-state index in [-0.39, 0.29) is 82.8 Å². The minimum absolute atomic E-state index is 0.0287. The molecule has 0 radical (unpaired) electrons. The quantitative estimate of drug-likeness (QED) is 0.0578. The smallest absolute Gasteiger partial charge is 0.306 e. The molecule has 4 aliphatic heterocycles. The van der Waals surface area contributed by atoms with Crippen LogP contribution in [-0.4, -0.2) is 98.4 Å². The standard InChI is InChI=1S/C42H66O10/c1-27(2)17-19-31-39(5,51-31)37-35(45-7)29(21-23-41(37)25-47-41)49-33(43)15-13-11-9-10-12-14-16-34(44)50-30-22-24-42(26-48-42)38(36(30)46-8)40(6)32(52-40)20-18-28(3)4/h17-18,29-32,35-38H,9-16,19-26H2,1-8H3/t29-,30-,31-,32-,35-,36-,37-,38-,39+,40+,41+,42+/m1/s1. The van der Waals surface area contributed by atoms with Gasteiger partial charge in [0.1, 0.15) is 46.8 Å². The molecule has 0 N–H and O–H groups in total. The van der Waals surface area contributed by atoms with Gasteiger partial charge in [-0.2, -0.15) is 0 Å². The highest BCUT2D eigenvalue weighted by atomic mass is 16.6. The lowest BCUT2D eigenvalue weighted by Gasteiger charge is -2.42. The normalized spacial score (nSPS) is 41.3. The van der Waals surface area contributed by atoms with Crippen LogP contribution in [0.1, 0.15) is 131 Å². The molecule has 0 unspecified atom stereocenters. The summed E-state index contributed by atoms with van der Waals surface area (Å²) in [5.74, 6) is -0.261. The first-order valence-electron chi connectivity index (χ1n) is 20.2. The Bertz CT molecular complexity index is 1230. The lowest BCUT2D eigenvalue weighted by molar-refractivity contribution is -0.172. The number of hydrogen-bond donors (Lipinski definition) is 0. The predicted octanol–water partition coefficient (Wildman–Crippen LogP) is 7.35. The van der Waals surface area contributed by atoms with E-state index in [0.717, 1.165) is 77.0 Å². The number of esters is 2. The van der Waals surface area contributed by atoms with Gasteiger partial charge < -0.3 is 37.9 Å². The van der Waals surface area contributed by atoms with Crippen LogP contribution in [0.3, 0.4) is 0 Å². The van der Waals surface area contributed by atoms with E-state index in [2.05, 4.69) is 53.7 Å². The van der Waals surface area contributed by atoms with E-state index >= 15 is 0 Å². The van der Waals surface area contributed by atoms with Gasteiger partial charge in [-0.1, -0.05) is 49.0 Å². The minimum atomic E-state index is -0.343. The maximum absolute atomic E-state index is 12.9. The van der Waals surface area contributed by atoms with E-state index in [1.807, 2.05) is 0 Å². The van der Waals surface area contributed by atoms with Crippen molar-refractivity contribution >= 4 is 11.9 Å². The fourth-order valence-corrected chi connectivity index (χ4v) is 9.84. The summed E-state index contributed by atoms with van der Waals surface area (Å²) < 4.78 is 48.8. The van der Waals surface area contributed by atoms with Gasteiger partial charge in [-0.05, 0) is 92.9 Å². The zero-order valence-electron chi connectivity index (χ0n) is 33.2. The van der Waals surface area contributed by atoms with Gasteiger partial charge in [0.2, 0.25) is 0 Å². The van der Waals surface area contributed by atoms with Crippen LogP contribution < -0.4 is 0 Å². The number of rotatable bonds is 19. The number of unbranched alkanes of at least 4 members (excludes halogenated alkanes) is 5. The van der Waals surface area contributed by atoms with Crippen molar-refractivity contribution in [2.45, 2.75) is 190 Å². The molecule has 0 aromatic carbocycles. The summed E-state index contributed by atoms with van der Waals surface area (Å²) in [6.07, 6.45) is 14.9. The molecule has 2 saturated carbocycles. The van der Waals surface area contributed by atoms with Gasteiger partial charge in [0.05, 0.1) is 37.3 Å². The minimum Gasteiger partial charge on any atom is -0.460 e. The molecular weight excluding hydrogens is 664 g/mol. The molecule has 0 aromatic rings. The molecule has 10 heteroatoms. The lowest BCUT2D eigenvalue weighted by Crippen LogP contribution is -2.55. The topological polar surface area (TPSA) is 121 Å². The maximum Gasteiger partial charge on any atom is 0.306 e. The number of hydrogen-bond acceptors (Lipinski definition) is 10. The van der Waals surface area contributed by atoms with Crippen molar-refractivity contribution in [2.24, 2.45) is 11.8 Å². The largest absolute Gasteiger partial charge is 0.460 e. The molecule has 294 valence electrons. The third kappa shape index (κ3) is 8.68. The monoisotopic (exact) mass is 730 g/mol. The number of carbonyl (C=O) groups excluding carboxylic acids is 2. The van der Waals surface area contributed by atoms with Crippen molar-refractivity contribution in [1.82, 2.24) is 0 Å². The van der Waals surface area contributed by atoms with Gasteiger partial charge >= 0.3 is 11.9 Å². The fraction of sp³-hybridized carbons (Fsp3) is 0.857. The lowest BCUT2D eigenvalue weighted by atomic mass is 9.68. The third-order valence-corrected chi connectivity index (χ3v) is 13.1. The van der Waals surface area contributed by atoms with E-state index in [9.17, 15) is 9.59 Å². The van der Waals surface area contributed by atoms with Crippen LogP contribution in [0.4, 0.5) is 0 Å². The molecule has 10 nitrogen and oxygen atoms in total. The van der Waals surface area contributed by atoms with Crippen LogP contribution in [0.5, 0.6) is 0 Å². The van der Waals surface area contributed by atoms with Gasteiger partial charge in [-0.15, -0.1) is 0 Å². The molecule has 2 spiro atoms. The average molecular weight is 731 g/mol. The Hall–Kier alpha value is -1.82. The predicted molar refractivity (Wildman–Crippen MR) is 196 cm³/mol. The van der Waals surface area contributed by atoms with Crippen LogP contribution >= 0.6 is 0 Å². The van der Waals surface area contributed by atoms with E-state index < -0.39 is 0 Å². The van der Waals surface area contributed by atoms with Gasteiger partial charge in [0.15, 0.2) is 0 Å². The van der Waals surface area contributed by atoms with Gasteiger partial charge in [-0.3, -0.25) is 9.59 Å². The molecule has 52 heavy (non-hydrogen) atoms. The maximum atomic E-state index is 12.9. The second-order valence-corrected chi connectivity index (χ2v) is 17.4. The summed E-state index contributed by atoms with van der Waals surface area (Å²) in [6.45, 7) is 14.2. The fourth-order valence-electron chi connectivity index (χ4n) is 9.84. The van der Waals surface area contributed by atoms with Crippen LogP contribution in [0.2, 0.25) is 0 Å². The van der Waals surface area contributed by atoms with E-state index in [1.165, 1.54) is 11.1 Å². The second-order valence-electron chi connectivity index (χ2n) is 17.4. The highest BCUT2D eigenvalue weighted by Gasteiger charge is 2.73. The van der Waals surface area contributed by atoms with Crippen LogP contribution in [0, 0.1) is 11.8 Å². The van der Waals surface area contributed by atoms with Crippen molar-refractivity contribution in [2.75, 3.05) is 27.4 Å². The van der Waals surface area contributed by atoms with Crippen molar-refractivity contribution in [1.29, 1.82) is 0 Å². The van der Waals surface area contributed by atoms with Crippen molar-refractivity contribution in [3.63, 3.8) is 0 Å². The first-order chi connectivity index (χ1) is 24.8. The SMILES string of the molecule is CO[C@@H]1[C@H](OC(=O)CCCCCCCCC(=O)O[C@@H]2CC[C@]3(CO3)[C@@H]([C@@]3(C)O[C@@H]3CC=C(C)C)[C@@H]2OC)CC[C@]2(CO2)[C@H]1[C@@]1(C)O[C@@H]1CC=C(C)C. The number of epoxide rings is 4. The summed E-state index contributed by atoms with van der Waals surface area (Å²) in [5.41, 5.74) is 1.42. The Kier molecular flexibility index (Phi) is 12.3. The molecule has 6 aliphatic rings. The molecule has 4 heterocycles. The summed E-state index contributed by atoms with van der Waals surface area (Å²) in [5, 5.41) is 0. The van der Waals surface area contributed by atoms with E-state index in [1.54, 1.807) is 14.2 Å². The molecule has 6 rings (SSSR count). The molecule has 4 saturated heterocycles. The Morgan fingerprint density at radius 2 is 1.00 bits per heavy atom. The van der Waals surface area contributed by atoms with Crippen LogP contribution in [0.25, 0.3) is 0 Å².